The highest BCUT2D eigenvalue weighted by Gasteiger charge is 2.27. The van der Waals surface area contributed by atoms with E-state index in [-0.39, 0.29) is 18.4 Å². The molecule has 2 atom stereocenters. The van der Waals surface area contributed by atoms with Crippen LogP contribution < -0.4 is 10.6 Å². The quantitative estimate of drug-likeness (QED) is 0.751. The number of amides is 2. The van der Waals surface area contributed by atoms with Gasteiger partial charge in [-0.05, 0) is 37.0 Å². The highest BCUT2D eigenvalue weighted by molar-refractivity contribution is 5.97. The van der Waals surface area contributed by atoms with Crippen molar-refractivity contribution in [2.75, 3.05) is 5.32 Å². The summed E-state index contributed by atoms with van der Waals surface area (Å²) in [6, 6.07) is 14.6. The molecule has 0 radical (unpaired) electrons. The number of benzene rings is 2. The monoisotopic (exact) mass is 368 g/mol. The van der Waals surface area contributed by atoms with E-state index in [1.54, 1.807) is 0 Å². The number of hydrogen-bond acceptors (Lipinski definition) is 3. The molecule has 0 saturated heterocycles. The van der Waals surface area contributed by atoms with Gasteiger partial charge in [0.05, 0.1) is 0 Å². The molecule has 2 amide bonds. The third-order valence-electron chi connectivity index (χ3n) is 4.62. The molecule has 0 unspecified atom stereocenters. The smallest absolute Gasteiger partial charge is 0.408 e. The van der Waals surface area contributed by atoms with Crippen LogP contribution in [0.25, 0.3) is 0 Å². The highest BCUT2D eigenvalue weighted by atomic mass is 16.5. The van der Waals surface area contributed by atoms with Crippen LogP contribution in [0.2, 0.25) is 0 Å². The molecule has 27 heavy (non-hydrogen) atoms. The third-order valence-corrected chi connectivity index (χ3v) is 4.62. The maximum atomic E-state index is 12.8. The average Bonchev–Trinajstić information content (AvgIpc) is 2.66. The molecule has 144 valence electrons. The van der Waals surface area contributed by atoms with Gasteiger partial charge in [-0.3, -0.25) is 4.79 Å². The molecule has 2 aromatic carbocycles. The fourth-order valence-electron chi connectivity index (χ4n) is 2.76. The minimum absolute atomic E-state index is 0.0278. The predicted octanol–water partition coefficient (Wildman–Crippen LogP) is 4.58. The molecule has 0 aliphatic heterocycles. The third kappa shape index (κ3) is 6.13. The molecular formula is C22H28N2O3. The summed E-state index contributed by atoms with van der Waals surface area (Å²) in [5.74, 6) is -0.270. The SMILES string of the molecule is CC[C@H](C)[C@H](NC(=O)OCc1ccccc1)C(=O)Nc1ccc(C)cc1C. The maximum Gasteiger partial charge on any atom is 0.408 e. The van der Waals surface area contributed by atoms with Crippen LogP contribution in [-0.2, 0) is 16.1 Å². The van der Waals surface area contributed by atoms with E-state index in [0.29, 0.717) is 0 Å². The number of anilines is 1. The Hall–Kier alpha value is -2.82. The number of alkyl carbamates (subject to hydrolysis) is 1. The molecule has 5 heteroatoms. The molecular weight excluding hydrogens is 340 g/mol. The highest BCUT2D eigenvalue weighted by Crippen LogP contribution is 2.18. The Labute approximate surface area is 161 Å². The van der Waals surface area contributed by atoms with Gasteiger partial charge < -0.3 is 15.4 Å². The standard InChI is InChI=1S/C22H28N2O3/c1-5-16(3)20(21(25)23-19-12-11-15(2)13-17(19)4)24-22(26)27-14-18-9-7-6-8-10-18/h6-13,16,20H,5,14H2,1-4H3,(H,23,25)(H,24,26)/t16-,20-/m0/s1. The van der Waals surface area contributed by atoms with Gasteiger partial charge in [0.15, 0.2) is 0 Å². The number of rotatable bonds is 7. The van der Waals surface area contributed by atoms with Gasteiger partial charge in [-0.15, -0.1) is 0 Å². The first-order valence-corrected chi connectivity index (χ1v) is 9.26. The van der Waals surface area contributed by atoms with E-state index in [1.165, 1.54) is 0 Å². The number of carbonyl (C=O) groups is 2. The molecule has 2 rings (SSSR count). The second kappa shape index (κ2) is 9.76. The molecule has 0 heterocycles. The van der Waals surface area contributed by atoms with E-state index in [4.69, 9.17) is 4.74 Å². The second-order valence-corrected chi connectivity index (χ2v) is 6.88. The van der Waals surface area contributed by atoms with Gasteiger partial charge in [-0.25, -0.2) is 4.79 Å². The fraction of sp³-hybridized carbons (Fsp3) is 0.364. The van der Waals surface area contributed by atoms with Crippen LogP contribution in [0.15, 0.2) is 48.5 Å². The van der Waals surface area contributed by atoms with E-state index in [0.717, 1.165) is 28.8 Å². The van der Waals surface area contributed by atoms with Crippen molar-refractivity contribution in [3.63, 3.8) is 0 Å². The van der Waals surface area contributed by atoms with E-state index in [2.05, 4.69) is 10.6 Å². The first-order chi connectivity index (χ1) is 12.9. The van der Waals surface area contributed by atoms with Gasteiger partial charge in [-0.1, -0.05) is 68.3 Å². The van der Waals surface area contributed by atoms with Gasteiger partial charge >= 0.3 is 6.09 Å². The predicted molar refractivity (Wildman–Crippen MR) is 108 cm³/mol. The fourth-order valence-corrected chi connectivity index (χ4v) is 2.76. The van der Waals surface area contributed by atoms with Crippen molar-refractivity contribution in [2.45, 2.75) is 46.8 Å². The summed E-state index contributed by atoms with van der Waals surface area (Å²) in [6.07, 6.45) is 0.157. The lowest BCUT2D eigenvalue weighted by Crippen LogP contribution is -2.47. The zero-order valence-corrected chi connectivity index (χ0v) is 16.4. The van der Waals surface area contributed by atoms with Gasteiger partial charge in [0.1, 0.15) is 12.6 Å². The number of nitrogens with one attached hydrogen (secondary N) is 2. The van der Waals surface area contributed by atoms with Crippen molar-refractivity contribution in [1.82, 2.24) is 5.32 Å². The summed E-state index contributed by atoms with van der Waals surface area (Å²) in [4.78, 5) is 25.0. The lowest BCUT2D eigenvalue weighted by Gasteiger charge is -2.23. The Morgan fingerprint density at radius 2 is 1.78 bits per heavy atom. The Balaban J connectivity index is 2.00. The maximum absolute atomic E-state index is 12.8. The Morgan fingerprint density at radius 1 is 1.07 bits per heavy atom. The van der Waals surface area contributed by atoms with Gasteiger partial charge in [0, 0.05) is 5.69 Å². The summed E-state index contributed by atoms with van der Waals surface area (Å²) in [5, 5.41) is 5.64. The van der Waals surface area contributed by atoms with Crippen LogP contribution in [0.4, 0.5) is 10.5 Å². The lowest BCUT2D eigenvalue weighted by atomic mass is 9.98. The van der Waals surface area contributed by atoms with Crippen LogP contribution in [-0.4, -0.2) is 18.0 Å². The Kier molecular flexibility index (Phi) is 7.41. The summed E-state index contributed by atoms with van der Waals surface area (Å²) in [6.45, 7) is 8.04. The minimum atomic E-state index is -0.668. The van der Waals surface area contributed by atoms with Crippen molar-refractivity contribution in [1.29, 1.82) is 0 Å². The van der Waals surface area contributed by atoms with Crippen LogP contribution >= 0.6 is 0 Å². The average molecular weight is 368 g/mol. The first kappa shape index (κ1) is 20.5. The molecule has 0 bridgehead atoms. The van der Waals surface area contributed by atoms with E-state index < -0.39 is 12.1 Å². The number of aryl methyl sites for hydroxylation is 2. The topological polar surface area (TPSA) is 67.4 Å². The molecule has 0 aromatic heterocycles. The van der Waals surface area contributed by atoms with Crippen LogP contribution in [0, 0.1) is 19.8 Å². The summed E-state index contributed by atoms with van der Waals surface area (Å²) < 4.78 is 5.26. The van der Waals surface area contributed by atoms with Crippen LogP contribution in [0.5, 0.6) is 0 Å². The van der Waals surface area contributed by atoms with Crippen molar-refractivity contribution in [3.8, 4) is 0 Å². The number of carbonyl (C=O) groups excluding carboxylic acids is 2. The zero-order chi connectivity index (χ0) is 19.8. The van der Waals surface area contributed by atoms with Gasteiger partial charge in [0.25, 0.3) is 0 Å². The van der Waals surface area contributed by atoms with E-state index in [1.807, 2.05) is 76.2 Å². The van der Waals surface area contributed by atoms with E-state index in [9.17, 15) is 9.59 Å². The molecule has 0 aliphatic rings. The molecule has 2 N–H and O–H groups in total. The van der Waals surface area contributed by atoms with Crippen LogP contribution in [0.1, 0.15) is 37.0 Å². The summed E-state index contributed by atoms with van der Waals surface area (Å²) in [7, 11) is 0. The summed E-state index contributed by atoms with van der Waals surface area (Å²) >= 11 is 0. The molecule has 0 fully saturated rings. The minimum Gasteiger partial charge on any atom is -0.445 e. The Morgan fingerprint density at radius 3 is 2.41 bits per heavy atom. The number of hydrogen-bond donors (Lipinski definition) is 2. The summed E-state index contributed by atoms with van der Waals surface area (Å²) in [5.41, 5.74) is 3.76. The Bertz CT molecular complexity index is 774. The second-order valence-electron chi connectivity index (χ2n) is 6.88. The zero-order valence-electron chi connectivity index (χ0n) is 16.4. The van der Waals surface area contributed by atoms with Crippen molar-refractivity contribution >= 4 is 17.7 Å². The van der Waals surface area contributed by atoms with Gasteiger partial charge in [-0.2, -0.15) is 0 Å². The van der Waals surface area contributed by atoms with E-state index >= 15 is 0 Å². The first-order valence-electron chi connectivity index (χ1n) is 9.26. The largest absolute Gasteiger partial charge is 0.445 e. The van der Waals surface area contributed by atoms with Gasteiger partial charge in [0.2, 0.25) is 5.91 Å². The number of ether oxygens (including phenoxy) is 1. The van der Waals surface area contributed by atoms with Crippen molar-refractivity contribution in [2.24, 2.45) is 5.92 Å². The molecule has 0 aliphatic carbocycles. The van der Waals surface area contributed by atoms with Crippen molar-refractivity contribution < 1.29 is 14.3 Å². The molecule has 0 spiro atoms. The molecule has 0 saturated carbocycles. The lowest BCUT2D eigenvalue weighted by molar-refractivity contribution is -0.119. The molecule has 2 aromatic rings. The van der Waals surface area contributed by atoms with Crippen molar-refractivity contribution in [3.05, 3.63) is 65.2 Å². The van der Waals surface area contributed by atoms with Crippen LogP contribution in [0.3, 0.4) is 0 Å². The normalized spacial score (nSPS) is 12.7. The molecule has 5 nitrogen and oxygen atoms in total.